The monoisotopic (exact) mass is 327 g/mol. The van der Waals surface area contributed by atoms with Gasteiger partial charge in [-0.1, -0.05) is 0 Å². The van der Waals surface area contributed by atoms with Gasteiger partial charge in [-0.25, -0.2) is 4.39 Å². The van der Waals surface area contributed by atoms with Gasteiger partial charge >= 0.3 is 0 Å². The standard InChI is InChI=1S/C15H19BrFNO/c1-9(18)15(4-5-15)12-6-11(17)7-13(16)14(12)19-8-10-2-3-10/h6-7,9-10H,2-5,8,18H2,1H3. The van der Waals surface area contributed by atoms with Crippen molar-refractivity contribution in [2.45, 2.75) is 44.1 Å². The first-order valence-corrected chi connectivity index (χ1v) is 7.70. The van der Waals surface area contributed by atoms with Gasteiger partial charge in [0.25, 0.3) is 0 Å². The van der Waals surface area contributed by atoms with Crippen LogP contribution in [0.25, 0.3) is 0 Å². The molecular formula is C15H19BrFNO. The quantitative estimate of drug-likeness (QED) is 0.893. The van der Waals surface area contributed by atoms with Gasteiger partial charge in [0.05, 0.1) is 11.1 Å². The lowest BCUT2D eigenvalue weighted by Crippen LogP contribution is -2.32. The van der Waals surface area contributed by atoms with Crippen LogP contribution < -0.4 is 10.5 Å². The zero-order valence-electron chi connectivity index (χ0n) is 11.1. The fraction of sp³-hybridized carbons (Fsp3) is 0.600. The third-order valence-corrected chi connectivity index (χ3v) is 4.95. The highest BCUT2D eigenvalue weighted by Gasteiger charge is 2.49. The molecule has 1 atom stereocenters. The predicted molar refractivity (Wildman–Crippen MR) is 76.9 cm³/mol. The van der Waals surface area contributed by atoms with Crippen LogP contribution in [0.5, 0.6) is 5.75 Å². The molecule has 3 rings (SSSR count). The topological polar surface area (TPSA) is 35.2 Å². The first kappa shape index (κ1) is 13.4. The minimum Gasteiger partial charge on any atom is -0.492 e. The molecule has 2 aliphatic carbocycles. The maximum Gasteiger partial charge on any atom is 0.137 e. The van der Waals surface area contributed by atoms with Crippen LogP contribution in [-0.4, -0.2) is 12.6 Å². The third kappa shape index (κ3) is 2.52. The van der Waals surface area contributed by atoms with Crippen LogP contribution in [0.3, 0.4) is 0 Å². The van der Waals surface area contributed by atoms with Gasteiger partial charge in [-0.15, -0.1) is 0 Å². The summed E-state index contributed by atoms with van der Waals surface area (Å²) < 4.78 is 20.4. The zero-order valence-corrected chi connectivity index (χ0v) is 12.7. The molecule has 2 fully saturated rings. The highest BCUT2D eigenvalue weighted by atomic mass is 79.9. The van der Waals surface area contributed by atoms with E-state index >= 15 is 0 Å². The number of ether oxygens (including phenoxy) is 1. The van der Waals surface area contributed by atoms with Gasteiger partial charge in [-0.3, -0.25) is 0 Å². The van der Waals surface area contributed by atoms with Gasteiger partial charge in [-0.05, 0) is 66.6 Å². The van der Waals surface area contributed by atoms with Crippen LogP contribution in [0.15, 0.2) is 16.6 Å². The Morgan fingerprint density at radius 3 is 2.68 bits per heavy atom. The number of hydrogen-bond donors (Lipinski definition) is 1. The first-order valence-electron chi connectivity index (χ1n) is 6.91. The molecule has 2 N–H and O–H groups in total. The summed E-state index contributed by atoms with van der Waals surface area (Å²) in [6.07, 6.45) is 4.51. The smallest absolute Gasteiger partial charge is 0.137 e. The van der Waals surface area contributed by atoms with Crippen LogP contribution in [0, 0.1) is 11.7 Å². The van der Waals surface area contributed by atoms with E-state index in [4.69, 9.17) is 10.5 Å². The summed E-state index contributed by atoms with van der Waals surface area (Å²) in [4.78, 5) is 0. The van der Waals surface area contributed by atoms with E-state index in [1.165, 1.54) is 18.9 Å². The van der Waals surface area contributed by atoms with Crippen molar-refractivity contribution in [2.24, 2.45) is 11.7 Å². The Morgan fingerprint density at radius 1 is 1.47 bits per heavy atom. The third-order valence-electron chi connectivity index (χ3n) is 4.37. The molecular weight excluding hydrogens is 309 g/mol. The Kier molecular flexibility index (Phi) is 3.34. The molecule has 1 aromatic carbocycles. The van der Waals surface area contributed by atoms with E-state index in [2.05, 4.69) is 15.9 Å². The minimum atomic E-state index is -0.229. The lowest BCUT2D eigenvalue weighted by Gasteiger charge is -2.24. The summed E-state index contributed by atoms with van der Waals surface area (Å²) >= 11 is 3.43. The summed E-state index contributed by atoms with van der Waals surface area (Å²) in [5, 5.41) is 0. The molecule has 0 spiro atoms. The summed E-state index contributed by atoms with van der Waals surface area (Å²) in [5.74, 6) is 1.24. The second kappa shape index (κ2) is 4.74. The summed E-state index contributed by atoms with van der Waals surface area (Å²) in [7, 11) is 0. The zero-order chi connectivity index (χ0) is 13.6. The molecule has 0 heterocycles. The molecule has 2 aliphatic rings. The van der Waals surface area contributed by atoms with Crippen molar-refractivity contribution < 1.29 is 9.13 Å². The largest absolute Gasteiger partial charge is 0.492 e. The molecule has 0 saturated heterocycles. The summed E-state index contributed by atoms with van der Waals surface area (Å²) in [6.45, 7) is 2.72. The Hall–Kier alpha value is -0.610. The minimum absolute atomic E-state index is 0.0180. The van der Waals surface area contributed by atoms with Crippen LogP contribution in [0.2, 0.25) is 0 Å². The highest BCUT2D eigenvalue weighted by molar-refractivity contribution is 9.10. The molecule has 0 amide bonds. The molecule has 0 aromatic heterocycles. The number of hydrogen-bond acceptors (Lipinski definition) is 2. The lowest BCUT2D eigenvalue weighted by atomic mass is 9.88. The first-order chi connectivity index (χ1) is 9.03. The molecule has 0 radical (unpaired) electrons. The molecule has 2 saturated carbocycles. The number of nitrogens with two attached hydrogens (primary N) is 1. The van der Waals surface area contributed by atoms with E-state index in [1.54, 1.807) is 6.07 Å². The van der Waals surface area contributed by atoms with E-state index in [9.17, 15) is 4.39 Å². The summed E-state index contributed by atoms with van der Waals surface area (Å²) in [6, 6.07) is 3.09. The van der Waals surface area contributed by atoms with Crippen molar-refractivity contribution in [1.82, 2.24) is 0 Å². The Morgan fingerprint density at radius 2 is 2.16 bits per heavy atom. The Labute approximate surface area is 121 Å². The molecule has 0 bridgehead atoms. The van der Waals surface area contributed by atoms with E-state index in [-0.39, 0.29) is 17.3 Å². The van der Waals surface area contributed by atoms with Gasteiger partial charge < -0.3 is 10.5 Å². The average molecular weight is 328 g/mol. The van der Waals surface area contributed by atoms with Gasteiger partial charge in [-0.2, -0.15) is 0 Å². The van der Waals surface area contributed by atoms with Crippen molar-refractivity contribution in [3.05, 3.63) is 28.0 Å². The van der Waals surface area contributed by atoms with E-state index in [1.807, 2.05) is 6.92 Å². The molecule has 19 heavy (non-hydrogen) atoms. The normalized spacial score (nSPS) is 22.1. The molecule has 4 heteroatoms. The van der Waals surface area contributed by atoms with Gasteiger partial charge in [0.15, 0.2) is 0 Å². The van der Waals surface area contributed by atoms with Gasteiger partial charge in [0, 0.05) is 17.0 Å². The fourth-order valence-corrected chi connectivity index (χ4v) is 3.21. The Balaban J connectivity index is 1.95. The van der Waals surface area contributed by atoms with Crippen LogP contribution in [-0.2, 0) is 5.41 Å². The SMILES string of the molecule is CC(N)C1(c2cc(F)cc(Br)c2OCC2CC2)CC1. The van der Waals surface area contributed by atoms with Gasteiger partial charge in [0.1, 0.15) is 11.6 Å². The molecule has 1 aromatic rings. The van der Waals surface area contributed by atoms with E-state index in [0.717, 1.165) is 30.8 Å². The van der Waals surface area contributed by atoms with Crippen molar-refractivity contribution in [3.8, 4) is 5.75 Å². The van der Waals surface area contributed by atoms with E-state index in [0.29, 0.717) is 10.4 Å². The van der Waals surface area contributed by atoms with Crippen molar-refractivity contribution in [1.29, 1.82) is 0 Å². The molecule has 104 valence electrons. The Bertz CT molecular complexity index is 495. The predicted octanol–water partition coefficient (Wildman–Crippen LogP) is 3.76. The van der Waals surface area contributed by atoms with Crippen LogP contribution >= 0.6 is 15.9 Å². The second-order valence-corrected chi connectivity index (χ2v) is 6.82. The van der Waals surface area contributed by atoms with Crippen molar-refractivity contribution in [3.63, 3.8) is 0 Å². The fourth-order valence-electron chi connectivity index (χ4n) is 2.67. The molecule has 0 aliphatic heterocycles. The second-order valence-electron chi connectivity index (χ2n) is 5.96. The van der Waals surface area contributed by atoms with E-state index < -0.39 is 0 Å². The summed E-state index contributed by atoms with van der Waals surface area (Å²) in [5.41, 5.74) is 6.95. The average Bonchev–Trinajstić information content (AvgIpc) is 3.22. The molecule has 2 nitrogen and oxygen atoms in total. The van der Waals surface area contributed by atoms with Crippen molar-refractivity contribution >= 4 is 15.9 Å². The molecule has 1 unspecified atom stereocenters. The highest BCUT2D eigenvalue weighted by Crippen LogP contribution is 2.54. The maximum absolute atomic E-state index is 13.7. The lowest BCUT2D eigenvalue weighted by molar-refractivity contribution is 0.290. The van der Waals surface area contributed by atoms with Crippen LogP contribution in [0.1, 0.15) is 38.2 Å². The van der Waals surface area contributed by atoms with Crippen LogP contribution in [0.4, 0.5) is 4.39 Å². The number of halogens is 2. The van der Waals surface area contributed by atoms with Crippen molar-refractivity contribution in [2.75, 3.05) is 6.61 Å². The number of benzene rings is 1. The maximum atomic E-state index is 13.7. The van der Waals surface area contributed by atoms with Gasteiger partial charge in [0.2, 0.25) is 0 Å². The number of rotatable bonds is 5.